The standard InChI is InChI=1S/C24H29N3O6/c1-2-31-23(29)18(25)13-17-10-11-20-19(14-17)27-22(28)21(33-20)9-6-12-26-24(30)32-15-16-7-4-3-5-8-16/h3-5,7-8,10-11,14,18,21H,2,6,9,12-13,15,25H2,1H3,(H,26,30)(H,27,28)/t18-,21+/m0/s1. The number of benzene rings is 2. The lowest BCUT2D eigenvalue weighted by Crippen LogP contribution is -2.38. The van der Waals surface area contributed by atoms with Gasteiger partial charge in [0.2, 0.25) is 0 Å². The number of carbonyl (C=O) groups is 3. The van der Waals surface area contributed by atoms with Gasteiger partial charge in [-0.1, -0.05) is 36.4 Å². The summed E-state index contributed by atoms with van der Waals surface area (Å²) in [5, 5.41) is 5.51. The quantitative estimate of drug-likeness (QED) is 0.371. The van der Waals surface area contributed by atoms with E-state index in [4.69, 9.17) is 19.9 Å². The minimum Gasteiger partial charge on any atom is -0.478 e. The summed E-state index contributed by atoms with van der Waals surface area (Å²) in [6, 6.07) is 13.9. The topological polar surface area (TPSA) is 129 Å². The van der Waals surface area contributed by atoms with E-state index in [0.29, 0.717) is 30.8 Å². The third-order valence-corrected chi connectivity index (χ3v) is 5.03. The molecule has 176 valence electrons. The van der Waals surface area contributed by atoms with Crippen molar-refractivity contribution in [2.45, 2.75) is 44.9 Å². The van der Waals surface area contributed by atoms with Gasteiger partial charge in [-0.25, -0.2) is 4.79 Å². The molecule has 0 spiro atoms. The van der Waals surface area contributed by atoms with Gasteiger partial charge in [0.15, 0.2) is 6.10 Å². The molecule has 2 aromatic rings. The third kappa shape index (κ3) is 7.21. The normalized spacial score (nSPS) is 15.5. The molecule has 4 N–H and O–H groups in total. The van der Waals surface area contributed by atoms with Crippen molar-refractivity contribution in [3.8, 4) is 5.75 Å². The maximum atomic E-state index is 12.4. The highest BCUT2D eigenvalue weighted by Crippen LogP contribution is 2.31. The van der Waals surface area contributed by atoms with Crippen molar-refractivity contribution in [3.05, 3.63) is 59.7 Å². The number of carbonyl (C=O) groups excluding carboxylic acids is 3. The number of amides is 2. The zero-order valence-electron chi connectivity index (χ0n) is 18.5. The van der Waals surface area contributed by atoms with Crippen LogP contribution in [0.5, 0.6) is 5.75 Å². The Kier molecular flexibility index (Phi) is 8.65. The summed E-state index contributed by atoms with van der Waals surface area (Å²) >= 11 is 0. The molecule has 1 heterocycles. The number of nitrogens with one attached hydrogen (secondary N) is 2. The van der Waals surface area contributed by atoms with E-state index in [1.165, 1.54) is 0 Å². The predicted octanol–water partition coefficient (Wildman–Crippen LogP) is 2.53. The predicted molar refractivity (Wildman–Crippen MR) is 122 cm³/mol. The molecule has 2 amide bonds. The molecule has 3 rings (SSSR count). The number of alkyl carbamates (subject to hydrolysis) is 1. The van der Waals surface area contributed by atoms with Crippen molar-refractivity contribution < 1.29 is 28.6 Å². The van der Waals surface area contributed by atoms with Crippen molar-refractivity contribution >= 4 is 23.7 Å². The van der Waals surface area contributed by atoms with Gasteiger partial charge >= 0.3 is 12.1 Å². The molecule has 1 aliphatic heterocycles. The summed E-state index contributed by atoms with van der Waals surface area (Å²) < 4.78 is 15.9. The second-order valence-corrected chi connectivity index (χ2v) is 7.62. The SMILES string of the molecule is CCOC(=O)[C@@H](N)Cc1ccc2c(c1)NC(=O)[C@@H](CCCNC(=O)OCc1ccccc1)O2. The van der Waals surface area contributed by atoms with Gasteiger partial charge in [0.25, 0.3) is 5.91 Å². The van der Waals surface area contributed by atoms with E-state index >= 15 is 0 Å². The summed E-state index contributed by atoms with van der Waals surface area (Å²) in [4.78, 5) is 35.9. The fraction of sp³-hybridized carbons (Fsp3) is 0.375. The highest BCUT2D eigenvalue weighted by molar-refractivity contribution is 5.97. The van der Waals surface area contributed by atoms with Gasteiger partial charge in [-0.15, -0.1) is 0 Å². The third-order valence-electron chi connectivity index (χ3n) is 5.03. The molecular formula is C24H29N3O6. The molecule has 0 radical (unpaired) electrons. The summed E-state index contributed by atoms with van der Waals surface area (Å²) in [5.74, 6) is -0.183. The fourth-order valence-electron chi connectivity index (χ4n) is 3.35. The lowest BCUT2D eigenvalue weighted by atomic mass is 10.0. The number of rotatable bonds is 10. The largest absolute Gasteiger partial charge is 0.478 e. The van der Waals surface area contributed by atoms with Crippen LogP contribution in [0.15, 0.2) is 48.5 Å². The number of nitrogens with two attached hydrogens (primary N) is 1. The van der Waals surface area contributed by atoms with Crippen molar-refractivity contribution in [1.29, 1.82) is 0 Å². The van der Waals surface area contributed by atoms with Gasteiger partial charge in [0, 0.05) is 6.54 Å². The van der Waals surface area contributed by atoms with Crippen LogP contribution < -0.4 is 21.1 Å². The molecule has 0 fully saturated rings. The van der Waals surface area contributed by atoms with Crippen molar-refractivity contribution in [3.63, 3.8) is 0 Å². The molecule has 1 aliphatic rings. The second kappa shape index (κ2) is 11.9. The Balaban J connectivity index is 1.42. The Bertz CT molecular complexity index is 966. The number of fused-ring (bicyclic) bond motifs is 1. The maximum Gasteiger partial charge on any atom is 0.407 e. The van der Waals surface area contributed by atoms with Gasteiger partial charge < -0.3 is 30.6 Å². The van der Waals surface area contributed by atoms with Crippen LogP contribution in [0.4, 0.5) is 10.5 Å². The van der Waals surface area contributed by atoms with E-state index in [-0.39, 0.29) is 25.5 Å². The number of anilines is 1. The molecule has 33 heavy (non-hydrogen) atoms. The second-order valence-electron chi connectivity index (χ2n) is 7.62. The zero-order chi connectivity index (χ0) is 23.6. The van der Waals surface area contributed by atoms with E-state index in [1.807, 2.05) is 30.3 Å². The number of hydrogen-bond donors (Lipinski definition) is 3. The minimum atomic E-state index is -0.775. The Labute approximate surface area is 192 Å². The van der Waals surface area contributed by atoms with Crippen molar-refractivity contribution in [2.75, 3.05) is 18.5 Å². The van der Waals surface area contributed by atoms with Gasteiger partial charge in [-0.2, -0.15) is 0 Å². The van der Waals surface area contributed by atoms with Crippen LogP contribution in [-0.2, 0) is 32.1 Å². The van der Waals surface area contributed by atoms with E-state index in [0.717, 1.165) is 11.1 Å². The average molecular weight is 456 g/mol. The van der Waals surface area contributed by atoms with Crippen molar-refractivity contribution in [2.24, 2.45) is 5.73 Å². The van der Waals surface area contributed by atoms with Crippen LogP contribution in [0.25, 0.3) is 0 Å². The zero-order valence-corrected chi connectivity index (χ0v) is 18.5. The van der Waals surface area contributed by atoms with Crippen LogP contribution in [0, 0.1) is 0 Å². The first-order chi connectivity index (χ1) is 16.0. The van der Waals surface area contributed by atoms with E-state index in [9.17, 15) is 14.4 Å². The Morgan fingerprint density at radius 1 is 1.15 bits per heavy atom. The van der Waals surface area contributed by atoms with Crippen LogP contribution in [-0.4, -0.2) is 43.3 Å². The molecule has 0 aromatic heterocycles. The molecule has 2 aromatic carbocycles. The summed E-state index contributed by atoms with van der Waals surface area (Å²) in [5.41, 5.74) is 8.10. The number of ether oxygens (including phenoxy) is 3. The molecule has 0 saturated heterocycles. The highest BCUT2D eigenvalue weighted by Gasteiger charge is 2.27. The van der Waals surface area contributed by atoms with E-state index in [1.54, 1.807) is 25.1 Å². The average Bonchev–Trinajstić information content (AvgIpc) is 2.81. The maximum absolute atomic E-state index is 12.4. The van der Waals surface area contributed by atoms with Gasteiger partial charge in [-0.05, 0) is 49.4 Å². The smallest absolute Gasteiger partial charge is 0.407 e. The van der Waals surface area contributed by atoms with Gasteiger partial charge in [0.1, 0.15) is 18.4 Å². The number of hydrogen-bond acceptors (Lipinski definition) is 7. The highest BCUT2D eigenvalue weighted by atomic mass is 16.5. The summed E-state index contributed by atoms with van der Waals surface area (Å²) in [7, 11) is 0. The lowest BCUT2D eigenvalue weighted by Gasteiger charge is -2.26. The first kappa shape index (κ1) is 24.1. The van der Waals surface area contributed by atoms with Crippen LogP contribution in [0.1, 0.15) is 30.9 Å². The Hall–Kier alpha value is -3.59. The minimum absolute atomic E-state index is 0.199. The monoisotopic (exact) mass is 455 g/mol. The lowest BCUT2D eigenvalue weighted by molar-refractivity contribution is -0.144. The first-order valence-corrected chi connectivity index (χ1v) is 10.9. The van der Waals surface area contributed by atoms with Crippen LogP contribution in [0.3, 0.4) is 0 Å². The van der Waals surface area contributed by atoms with Crippen molar-refractivity contribution in [1.82, 2.24) is 5.32 Å². The molecule has 0 aliphatic carbocycles. The van der Waals surface area contributed by atoms with E-state index in [2.05, 4.69) is 10.6 Å². The van der Waals surface area contributed by atoms with Gasteiger partial charge in [0.05, 0.1) is 12.3 Å². The van der Waals surface area contributed by atoms with Crippen LogP contribution in [0.2, 0.25) is 0 Å². The number of esters is 1. The Morgan fingerprint density at radius 2 is 1.94 bits per heavy atom. The molecule has 0 saturated carbocycles. The summed E-state index contributed by atoms with van der Waals surface area (Å²) in [6.07, 6.45) is 0.0939. The molecule has 9 heteroatoms. The van der Waals surface area contributed by atoms with E-state index < -0.39 is 24.2 Å². The summed E-state index contributed by atoms with van der Waals surface area (Å²) in [6.45, 7) is 2.55. The molecule has 9 nitrogen and oxygen atoms in total. The molecule has 2 atom stereocenters. The molecule has 0 bridgehead atoms. The molecule has 0 unspecified atom stereocenters. The van der Waals surface area contributed by atoms with Crippen LogP contribution >= 0.6 is 0 Å². The van der Waals surface area contributed by atoms with Gasteiger partial charge in [-0.3, -0.25) is 9.59 Å². The molecular weight excluding hydrogens is 426 g/mol. The Morgan fingerprint density at radius 3 is 2.70 bits per heavy atom. The first-order valence-electron chi connectivity index (χ1n) is 10.9. The fourth-order valence-corrected chi connectivity index (χ4v) is 3.35.